The van der Waals surface area contributed by atoms with Crippen LogP contribution in [0, 0.1) is 5.92 Å². The van der Waals surface area contributed by atoms with E-state index in [2.05, 4.69) is 22.8 Å². The summed E-state index contributed by atoms with van der Waals surface area (Å²) >= 11 is 0. The molecule has 2 amide bonds. The molecule has 1 aromatic carbocycles. The van der Waals surface area contributed by atoms with Gasteiger partial charge in [-0.3, -0.25) is 9.59 Å². The highest BCUT2D eigenvalue weighted by atomic mass is 35.5. The molecule has 1 unspecified atom stereocenters. The van der Waals surface area contributed by atoms with Crippen molar-refractivity contribution in [2.24, 2.45) is 5.92 Å². The number of halogens is 1. The molecule has 0 aliphatic carbocycles. The van der Waals surface area contributed by atoms with E-state index in [1.165, 1.54) is 5.56 Å². The van der Waals surface area contributed by atoms with E-state index in [1.54, 1.807) is 0 Å². The molecule has 0 saturated carbocycles. The Hall–Kier alpha value is -1.59. The Morgan fingerprint density at radius 2 is 1.84 bits per heavy atom. The number of benzene rings is 1. The fourth-order valence-electron chi connectivity index (χ4n) is 3.52. The lowest BCUT2D eigenvalue weighted by molar-refractivity contribution is -0.132. The zero-order valence-electron chi connectivity index (χ0n) is 14.6. The molecule has 0 radical (unpaired) electrons. The topological polar surface area (TPSA) is 61.4 Å². The quantitative estimate of drug-likeness (QED) is 0.835. The van der Waals surface area contributed by atoms with Gasteiger partial charge in [-0.25, -0.2) is 0 Å². The van der Waals surface area contributed by atoms with Crippen molar-refractivity contribution in [1.29, 1.82) is 0 Å². The highest BCUT2D eigenvalue weighted by Gasteiger charge is 2.27. The molecular weight excluding hydrogens is 338 g/mol. The molecular formula is C19H28ClN3O2. The summed E-state index contributed by atoms with van der Waals surface area (Å²) in [5.41, 5.74) is 1.21. The van der Waals surface area contributed by atoms with Gasteiger partial charge in [-0.2, -0.15) is 0 Å². The number of nitrogens with one attached hydrogen (secondary N) is 2. The van der Waals surface area contributed by atoms with Gasteiger partial charge >= 0.3 is 0 Å². The van der Waals surface area contributed by atoms with Gasteiger partial charge in [0.15, 0.2) is 0 Å². The van der Waals surface area contributed by atoms with Crippen molar-refractivity contribution in [2.45, 2.75) is 38.1 Å². The van der Waals surface area contributed by atoms with Crippen molar-refractivity contribution in [3.8, 4) is 0 Å². The van der Waals surface area contributed by atoms with E-state index in [-0.39, 0.29) is 36.2 Å². The first-order valence-corrected chi connectivity index (χ1v) is 9.05. The van der Waals surface area contributed by atoms with Crippen LogP contribution in [0.2, 0.25) is 0 Å². The Kier molecular flexibility index (Phi) is 7.72. The van der Waals surface area contributed by atoms with Crippen molar-refractivity contribution in [3.05, 3.63) is 35.9 Å². The summed E-state index contributed by atoms with van der Waals surface area (Å²) in [5, 5.41) is 6.39. The van der Waals surface area contributed by atoms with Crippen LogP contribution < -0.4 is 10.6 Å². The smallest absolute Gasteiger partial charge is 0.224 e. The summed E-state index contributed by atoms with van der Waals surface area (Å²) < 4.78 is 0. The SMILES string of the molecule is Cl.O=C(NC1CCN(C(=O)CCc2ccccc2)CC1)C1CCNC1. The van der Waals surface area contributed by atoms with Gasteiger partial charge in [0, 0.05) is 32.1 Å². The summed E-state index contributed by atoms with van der Waals surface area (Å²) in [6.07, 6.45) is 4.02. The second-order valence-corrected chi connectivity index (χ2v) is 6.84. The average molecular weight is 366 g/mol. The molecule has 2 aliphatic heterocycles. The van der Waals surface area contributed by atoms with E-state index in [9.17, 15) is 9.59 Å². The van der Waals surface area contributed by atoms with E-state index in [0.717, 1.165) is 51.9 Å². The monoisotopic (exact) mass is 365 g/mol. The number of amides is 2. The van der Waals surface area contributed by atoms with Gasteiger partial charge in [0.2, 0.25) is 11.8 Å². The zero-order valence-corrected chi connectivity index (χ0v) is 15.4. The number of nitrogens with zero attached hydrogens (tertiary/aromatic N) is 1. The van der Waals surface area contributed by atoms with Crippen LogP contribution in [-0.2, 0) is 16.0 Å². The Morgan fingerprint density at radius 1 is 1.12 bits per heavy atom. The second-order valence-electron chi connectivity index (χ2n) is 6.84. The molecule has 1 aromatic rings. The molecule has 25 heavy (non-hydrogen) atoms. The third-order valence-electron chi connectivity index (χ3n) is 5.10. The van der Waals surface area contributed by atoms with Gasteiger partial charge in [0.1, 0.15) is 0 Å². The Bertz CT molecular complexity index is 553. The average Bonchev–Trinajstić information content (AvgIpc) is 3.16. The summed E-state index contributed by atoms with van der Waals surface area (Å²) in [6, 6.07) is 10.4. The molecule has 0 spiro atoms. The minimum atomic E-state index is 0. The molecule has 0 bridgehead atoms. The lowest BCUT2D eigenvalue weighted by Crippen LogP contribution is -2.48. The summed E-state index contributed by atoms with van der Waals surface area (Å²) in [7, 11) is 0. The molecule has 2 aliphatic rings. The number of rotatable bonds is 5. The fourth-order valence-corrected chi connectivity index (χ4v) is 3.52. The van der Waals surface area contributed by atoms with Crippen LogP contribution in [0.4, 0.5) is 0 Å². The lowest BCUT2D eigenvalue weighted by Gasteiger charge is -2.33. The fraction of sp³-hybridized carbons (Fsp3) is 0.579. The van der Waals surface area contributed by atoms with Gasteiger partial charge in [0.25, 0.3) is 0 Å². The highest BCUT2D eigenvalue weighted by molar-refractivity contribution is 5.85. The number of carbonyl (C=O) groups is 2. The Labute approximate surface area is 155 Å². The third kappa shape index (κ3) is 5.72. The standard InChI is InChI=1S/C19H27N3O2.ClH/c23-18(7-6-15-4-2-1-3-5-15)22-12-9-17(10-13-22)21-19(24)16-8-11-20-14-16;/h1-5,16-17,20H,6-14H2,(H,21,24);1H. The van der Waals surface area contributed by atoms with Crippen molar-refractivity contribution in [1.82, 2.24) is 15.5 Å². The van der Waals surface area contributed by atoms with Crippen molar-refractivity contribution >= 4 is 24.2 Å². The Morgan fingerprint density at radius 3 is 2.48 bits per heavy atom. The number of hydrogen-bond donors (Lipinski definition) is 2. The lowest BCUT2D eigenvalue weighted by atomic mass is 10.0. The van der Waals surface area contributed by atoms with Crippen molar-refractivity contribution < 1.29 is 9.59 Å². The van der Waals surface area contributed by atoms with E-state index in [0.29, 0.717) is 6.42 Å². The van der Waals surface area contributed by atoms with Gasteiger partial charge in [-0.1, -0.05) is 30.3 Å². The maximum Gasteiger partial charge on any atom is 0.224 e. The number of likely N-dealkylation sites (tertiary alicyclic amines) is 1. The van der Waals surface area contributed by atoms with Gasteiger partial charge < -0.3 is 15.5 Å². The summed E-state index contributed by atoms with van der Waals surface area (Å²) in [5.74, 6) is 0.521. The van der Waals surface area contributed by atoms with E-state index < -0.39 is 0 Å². The molecule has 6 heteroatoms. The largest absolute Gasteiger partial charge is 0.353 e. The van der Waals surface area contributed by atoms with Crippen LogP contribution in [0.25, 0.3) is 0 Å². The normalized spacial score (nSPS) is 20.8. The molecule has 3 rings (SSSR count). The van der Waals surface area contributed by atoms with Crippen LogP contribution in [-0.4, -0.2) is 48.9 Å². The predicted octanol–water partition coefficient (Wildman–Crippen LogP) is 1.76. The first kappa shape index (κ1) is 19.7. The summed E-state index contributed by atoms with van der Waals surface area (Å²) in [6.45, 7) is 3.23. The zero-order chi connectivity index (χ0) is 16.8. The number of aryl methyl sites for hydroxylation is 1. The van der Waals surface area contributed by atoms with Crippen LogP contribution in [0.3, 0.4) is 0 Å². The van der Waals surface area contributed by atoms with E-state index in [4.69, 9.17) is 0 Å². The second kappa shape index (κ2) is 9.78. The van der Waals surface area contributed by atoms with Crippen molar-refractivity contribution in [3.63, 3.8) is 0 Å². The first-order valence-electron chi connectivity index (χ1n) is 9.05. The molecule has 2 fully saturated rings. The van der Waals surface area contributed by atoms with Gasteiger partial charge in [-0.15, -0.1) is 12.4 Å². The number of carbonyl (C=O) groups excluding carboxylic acids is 2. The van der Waals surface area contributed by atoms with E-state index in [1.807, 2.05) is 23.1 Å². The molecule has 0 aromatic heterocycles. The maximum absolute atomic E-state index is 12.3. The third-order valence-corrected chi connectivity index (χ3v) is 5.10. The summed E-state index contributed by atoms with van der Waals surface area (Å²) in [4.78, 5) is 26.4. The molecule has 5 nitrogen and oxygen atoms in total. The first-order chi connectivity index (χ1) is 11.7. The molecule has 2 N–H and O–H groups in total. The minimum Gasteiger partial charge on any atom is -0.353 e. The van der Waals surface area contributed by atoms with E-state index >= 15 is 0 Å². The predicted molar refractivity (Wildman–Crippen MR) is 101 cm³/mol. The van der Waals surface area contributed by atoms with Crippen LogP contribution >= 0.6 is 12.4 Å². The highest BCUT2D eigenvalue weighted by Crippen LogP contribution is 2.15. The number of piperidine rings is 1. The molecule has 2 heterocycles. The van der Waals surface area contributed by atoms with Crippen LogP contribution in [0.15, 0.2) is 30.3 Å². The molecule has 2 saturated heterocycles. The maximum atomic E-state index is 12.3. The van der Waals surface area contributed by atoms with Gasteiger partial charge in [-0.05, 0) is 37.8 Å². The minimum absolute atomic E-state index is 0. The molecule has 1 atom stereocenters. The number of hydrogen-bond acceptors (Lipinski definition) is 3. The Balaban J connectivity index is 0.00000225. The molecule has 138 valence electrons. The van der Waals surface area contributed by atoms with Crippen LogP contribution in [0.1, 0.15) is 31.2 Å². The van der Waals surface area contributed by atoms with Crippen molar-refractivity contribution in [2.75, 3.05) is 26.2 Å². The van der Waals surface area contributed by atoms with Crippen LogP contribution in [0.5, 0.6) is 0 Å². The van der Waals surface area contributed by atoms with Gasteiger partial charge in [0.05, 0.1) is 5.92 Å².